The van der Waals surface area contributed by atoms with Gasteiger partial charge in [-0.25, -0.2) is 0 Å². The molecule has 0 saturated carbocycles. The summed E-state index contributed by atoms with van der Waals surface area (Å²) in [5.74, 6) is 0. The normalized spacial score (nSPS) is 11.5. The quantitative estimate of drug-likeness (QED) is 0.393. The van der Waals surface area contributed by atoms with E-state index in [1.165, 1.54) is 0 Å². The molecule has 0 aromatic heterocycles. The lowest BCUT2D eigenvalue weighted by Crippen LogP contribution is -2.13. The third-order valence-electron chi connectivity index (χ3n) is 0.735. The molecule has 3 nitrogen and oxygen atoms in total. The molecule has 0 amide bonds. The van der Waals surface area contributed by atoms with Crippen molar-refractivity contribution in [1.82, 2.24) is 0 Å². The Morgan fingerprint density at radius 2 is 1.88 bits per heavy atom. The average Bonchev–Trinajstić information content (AvgIpc) is 1.83. The monoisotopic (exact) mass is 117 g/mol. The van der Waals surface area contributed by atoms with E-state index < -0.39 is 0 Å². The molecule has 0 bridgehead atoms. The van der Waals surface area contributed by atoms with E-state index in [1.54, 1.807) is 27.5 Å². The molecule has 0 atom stereocenters. The zero-order valence-electron chi connectivity index (χ0n) is 5.42. The van der Waals surface area contributed by atoms with Crippen LogP contribution in [-0.2, 0) is 9.47 Å². The van der Waals surface area contributed by atoms with Crippen molar-refractivity contribution < 1.29 is 9.47 Å². The lowest BCUT2D eigenvalue weighted by molar-refractivity contribution is -0.0484. The molecule has 0 rings (SSSR count). The second-order valence-corrected chi connectivity index (χ2v) is 1.25. The molecule has 0 unspecified atom stereocenters. The van der Waals surface area contributed by atoms with Gasteiger partial charge < -0.3 is 9.47 Å². The van der Waals surface area contributed by atoms with Gasteiger partial charge in [0.2, 0.25) is 0 Å². The predicted octanol–water partition coefficient (Wildman–Crippen LogP) is 0.306. The summed E-state index contributed by atoms with van der Waals surface area (Å²) >= 11 is 0. The first-order valence-corrected chi connectivity index (χ1v) is 2.33. The summed E-state index contributed by atoms with van der Waals surface area (Å²) in [5.41, 5.74) is 0. The zero-order valence-corrected chi connectivity index (χ0v) is 5.42. The van der Waals surface area contributed by atoms with Crippen molar-refractivity contribution in [3.05, 3.63) is 0 Å². The predicted molar refractivity (Wildman–Crippen MR) is 32.2 cm³/mol. The molecule has 0 aliphatic carbocycles. The van der Waals surface area contributed by atoms with Gasteiger partial charge in [-0.15, -0.1) is 0 Å². The number of hydrogen-bond acceptors (Lipinski definition) is 3. The van der Waals surface area contributed by atoms with Gasteiger partial charge in [-0.2, -0.15) is 0 Å². The first-order chi connectivity index (χ1) is 3.85. The summed E-state index contributed by atoms with van der Waals surface area (Å²) in [6.45, 7) is 0. The van der Waals surface area contributed by atoms with Gasteiger partial charge in [0.25, 0.3) is 0 Å². The van der Waals surface area contributed by atoms with Gasteiger partial charge in [0.15, 0.2) is 6.29 Å². The van der Waals surface area contributed by atoms with Gasteiger partial charge in [-0.3, -0.25) is 4.99 Å². The second kappa shape index (κ2) is 4.74. The molecule has 8 heavy (non-hydrogen) atoms. The Balaban J connectivity index is 3.36. The Morgan fingerprint density at radius 3 is 2.00 bits per heavy atom. The largest absolute Gasteiger partial charge is 0.351 e. The average molecular weight is 117 g/mol. The molecule has 0 fully saturated rings. The van der Waals surface area contributed by atoms with Gasteiger partial charge >= 0.3 is 0 Å². The number of rotatable bonds is 3. The molecule has 0 aromatic carbocycles. The van der Waals surface area contributed by atoms with Crippen LogP contribution >= 0.6 is 0 Å². The van der Waals surface area contributed by atoms with E-state index in [1.807, 2.05) is 0 Å². The van der Waals surface area contributed by atoms with Crippen LogP contribution in [0.5, 0.6) is 0 Å². The Labute approximate surface area is 49.3 Å². The fraction of sp³-hybridized carbons (Fsp3) is 0.800. The summed E-state index contributed by atoms with van der Waals surface area (Å²) in [6, 6.07) is 0. The van der Waals surface area contributed by atoms with Gasteiger partial charge in [-0.05, 0) is 0 Å². The number of aliphatic imine (C=N–C) groups is 1. The number of hydrogen-bond donors (Lipinski definition) is 0. The van der Waals surface area contributed by atoms with E-state index in [0.29, 0.717) is 0 Å². The van der Waals surface area contributed by atoms with Crippen molar-refractivity contribution >= 4 is 6.21 Å². The van der Waals surface area contributed by atoms with E-state index >= 15 is 0 Å². The van der Waals surface area contributed by atoms with Crippen LogP contribution in [0.2, 0.25) is 0 Å². The van der Waals surface area contributed by atoms with Crippen LogP contribution < -0.4 is 0 Å². The highest BCUT2D eigenvalue weighted by molar-refractivity contribution is 5.60. The molecule has 0 aliphatic rings. The molecule has 0 heterocycles. The Kier molecular flexibility index (Phi) is 4.50. The third kappa shape index (κ3) is 2.71. The topological polar surface area (TPSA) is 30.8 Å². The van der Waals surface area contributed by atoms with Crippen LogP contribution in [0.15, 0.2) is 4.99 Å². The van der Waals surface area contributed by atoms with Gasteiger partial charge in [0, 0.05) is 21.3 Å². The Morgan fingerprint density at radius 1 is 1.38 bits per heavy atom. The fourth-order valence-electron chi connectivity index (χ4n) is 0.340. The van der Waals surface area contributed by atoms with E-state index in [9.17, 15) is 0 Å². The van der Waals surface area contributed by atoms with Crippen molar-refractivity contribution in [2.24, 2.45) is 4.99 Å². The molecular formula is C5H11NO2. The maximum Gasteiger partial charge on any atom is 0.193 e. The molecule has 0 aliphatic heterocycles. The summed E-state index contributed by atoms with van der Waals surface area (Å²) in [7, 11) is 4.80. The number of ether oxygens (including phenoxy) is 2. The van der Waals surface area contributed by atoms with Crippen LogP contribution in [-0.4, -0.2) is 33.8 Å². The maximum atomic E-state index is 4.77. The zero-order chi connectivity index (χ0) is 6.41. The molecule has 48 valence electrons. The van der Waals surface area contributed by atoms with Crippen molar-refractivity contribution in [2.75, 3.05) is 21.3 Å². The smallest absolute Gasteiger partial charge is 0.193 e. The van der Waals surface area contributed by atoms with E-state index in [2.05, 4.69) is 4.99 Å². The molecule has 3 heteroatoms. The highest BCUT2D eigenvalue weighted by Gasteiger charge is 1.95. The van der Waals surface area contributed by atoms with Crippen LogP contribution in [0.25, 0.3) is 0 Å². The van der Waals surface area contributed by atoms with Gasteiger partial charge in [-0.1, -0.05) is 0 Å². The van der Waals surface area contributed by atoms with Crippen molar-refractivity contribution in [2.45, 2.75) is 6.29 Å². The van der Waals surface area contributed by atoms with Crippen LogP contribution in [0.3, 0.4) is 0 Å². The van der Waals surface area contributed by atoms with Gasteiger partial charge in [0.05, 0.1) is 6.21 Å². The first kappa shape index (κ1) is 7.59. The summed E-state index contributed by atoms with van der Waals surface area (Å²) in [6.07, 6.45) is 1.29. The van der Waals surface area contributed by atoms with Crippen LogP contribution in [0.4, 0.5) is 0 Å². The number of nitrogens with zero attached hydrogens (tertiary/aromatic N) is 1. The van der Waals surface area contributed by atoms with Crippen molar-refractivity contribution in [3.63, 3.8) is 0 Å². The Bertz CT molecular complexity index is 68.8. The third-order valence-corrected chi connectivity index (χ3v) is 0.735. The summed E-state index contributed by atoms with van der Waals surface area (Å²) in [4.78, 5) is 3.70. The molecule has 0 spiro atoms. The first-order valence-electron chi connectivity index (χ1n) is 2.33. The van der Waals surface area contributed by atoms with Crippen molar-refractivity contribution in [1.29, 1.82) is 0 Å². The minimum atomic E-state index is -0.292. The molecule has 0 aromatic rings. The lowest BCUT2D eigenvalue weighted by Gasteiger charge is -2.04. The second-order valence-electron chi connectivity index (χ2n) is 1.25. The lowest BCUT2D eigenvalue weighted by atomic mass is 10.7. The molecule has 0 saturated heterocycles. The fourth-order valence-corrected chi connectivity index (χ4v) is 0.340. The minimum absolute atomic E-state index is 0.292. The van der Waals surface area contributed by atoms with E-state index in [-0.39, 0.29) is 6.29 Å². The van der Waals surface area contributed by atoms with E-state index in [0.717, 1.165) is 0 Å². The summed E-state index contributed by atoms with van der Waals surface area (Å²) in [5, 5.41) is 0. The molecule has 0 N–H and O–H groups in total. The molecular weight excluding hydrogens is 106 g/mol. The highest BCUT2D eigenvalue weighted by atomic mass is 16.7. The van der Waals surface area contributed by atoms with Crippen LogP contribution in [0, 0.1) is 0 Å². The maximum absolute atomic E-state index is 4.77. The molecule has 0 radical (unpaired) electrons. The SMILES string of the molecule is C/N=C/C(OC)OC. The van der Waals surface area contributed by atoms with Crippen molar-refractivity contribution in [3.8, 4) is 0 Å². The highest BCUT2D eigenvalue weighted by Crippen LogP contribution is 1.83. The summed E-state index contributed by atoms with van der Waals surface area (Å²) < 4.78 is 9.54. The van der Waals surface area contributed by atoms with Gasteiger partial charge in [0.1, 0.15) is 0 Å². The Hall–Kier alpha value is -0.410. The minimum Gasteiger partial charge on any atom is -0.351 e. The van der Waals surface area contributed by atoms with E-state index in [4.69, 9.17) is 9.47 Å². The standard InChI is InChI=1S/C5H11NO2/c1-6-4-5(7-2)8-3/h4-5H,1-3H3/b6-4+. The van der Waals surface area contributed by atoms with Crippen LogP contribution in [0.1, 0.15) is 0 Å². The number of methoxy groups -OCH3 is 2.